The fourth-order valence-corrected chi connectivity index (χ4v) is 3.85. The predicted octanol–water partition coefficient (Wildman–Crippen LogP) is 4.84. The Balaban J connectivity index is 1.95. The largest absolute Gasteiger partial charge is 0.507 e. The molecule has 160 valence electrons. The van der Waals surface area contributed by atoms with Gasteiger partial charge in [0, 0.05) is 23.4 Å². The summed E-state index contributed by atoms with van der Waals surface area (Å²) in [6, 6.07) is 18.8. The maximum atomic E-state index is 13.1. The van der Waals surface area contributed by atoms with Crippen LogP contribution in [0.25, 0.3) is 5.76 Å². The number of nitro benzene ring substituents is 1. The Morgan fingerprint density at radius 1 is 0.938 bits per heavy atom. The molecule has 1 atom stereocenters. The maximum absolute atomic E-state index is 13.1. The summed E-state index contributed by atoms with van der Waals surface area (Å²) in [5.74, 6) is -2.07. The molecular formula is C25H20N2O5. The van der Waals surface area contributed by atoms with Gasteiger partial charge in [0.2, 0.25) is 0 Å². The van der Waals surface area contributed by atoms with E-state index >= 15 is 0 Å². The molecule has 1 unspecified atom stereocenters. The SMILES string of the molecule is Cc1ccc(N2C(=O)C(=O)/C(=C(\O)c3cccc([N+](=O)[O-])c3)C2c2ccccc2)cc1C. The highest BCUT2D eigenvalue weighted by Crippen LogP contribution is 2.42. The fraction of sp³-hybridized carbons (Fsp3) is 0.120. The van der Waals surface area contributed by atoms with Gasteiger partial charge in [-0.2, -0.15) is 0 Å². The van der Waals surface area contributed by atoms with Crippen LogP contribution in [0.4, 0.5) is 11.4 Å². The first kappa shape index (κ1) is 21.0. The van der Waals surface area contributed by atoms with Crippen molar-refractivity contribution in [2.45, 2.75) is 19.9 Å². The van der Waals surface area contributed by atoms with Crippen molar-refractivity contribution in [2.24, 2.45) is 0 Å². The van der Waals surface area contributed by atoms with E-state index < -0.39 is 28.4 Å². The average Bonchev–Trinajstić information content (AvgIpc) is 3.06. The van der Waals surface area contributed by atoms with Gasteiger partial charge in [-0.3, -0.25) is 24.6 Å². The molecule has 1 amide bonds. The van der Waals surface area contributed by atoms with Crippen molar-refractivity contribution in [1.82, 2.24) is 0 Å². The molecule has 1 saturated heterocycles. The summed E-state index contributed by atoms with van der Waals surface area (Å²) >= 11 is 0. The van der Waals surface area contributed by atoms with Gasteiger partial charge in [-0.1, -0.05) is 48.5 Å². The van der Waals surface area contributed by atoms with Gasteiger partial charge in [0.1, 0.15) is 5.76 Å². The Kier molecular flexibility index (Phi) is 5.32. The van der Waals surface area contributed by atoms with Crippen LogP contribution in [0.15, 0.2) is 78.4 Å². The van der Waals surface area contributed by atoms with Crippen LogP contribution in [0.2, 0.25) is 0 Å². The Bertz CT molecular complexity index is 1280. The van der Waals surface area contributed by atoms with Crippen LogP contribution in [0.1, 0.15) is 28.3 Å². The highest BCUT2D eigenvalue weighted by Gasteiger charge is 2.47. The van der Waals surface area contributed by atoms with E-state index in [0.29, 0.717) is 11.3 Å². The van der Waals surface area contributed by atoms with Crippen LogP contribution in [0, 0.1) is 24.0 Å². The van der Waals surface area contributed by atoms with Gasteiger partial charge in [0.15, 0.2) is 0 Å². The summed E-state index contributed by atoms with van der Waals surface area (Å²) in [5.41, 5.74) is 2.92. The van der Waals surface area contributed by atoms with Crippen LogP contribution < -0.4 is 4.90 Å². The molecule has 32 heavy (non-hydrogen) atoms. The second-order valence-electron chi connectivity index (χ2n) is 7.66. The zero-order valence-electron chi connectivity index (χ0n) is 17.5. The number of carbonyl (C=O) groups is 2. The Labute approximate surface area is 184 Å². The normalized spacial score (nSPS) is 17.6. The van der Waals surface area contributed by atoms with Crippen LogP contribution in [0.5, 0.6) is 0 Å². The lowest BCUT2D eigenvalue weighted by Gasteiger charge is -2.26. The van der Waals surface area contributed by atoms with Gasteiger partial charge < -0.3 is 5.11 Å². The summed E-state index contributed by atoms with van der Waals surface area (Å²) in [4.78, 5) is 38.2. The van der Waals surface area contributed by atoms with Crippen LogP contribution >= 0.6 is 0 Å². The highest BCUT2D eigenvalue weighted by molar-refractivity contribution is 6.51. The summed E-state index contributed by atoms with van der Waals surface area (Å²) in [6.07, 6.45) is 0. The van der Waals surface area contributed by atoms with E-state index in [1.54, 1.807) is 30.3 Å². The first-order chi connectivity index (χ1) is 15.3. The minimum absolute atomic E-state index is 0.0956. The Hall–Kier alpha value is -4.26. The number of Topliss-reactive ketones (excluding diaryl/α,β-unsaturated/α-hetero) is 1. The third kappa shape index (κ3) is 3.54. The summed E-state index contributed by atoms with van der Waals surface area (Å²) < 4.78 is 0. The lowest BCUT2D eigenvalue weighted by molar-refractivity contribution is -0.384. The molecule has 1 N–H and O–H groups in total. The number of rotatable bonds is 4. The van der Waals surface area contributed by atoms with E-state index in [4.69, 9.17) is 0 Å². The second kappa shape index (κ2) is 8.11. The standard InChI is InChI=1S/C25H20N2O5/c1-15-11-12-19(13-16(15)2)26-22(17-7-4-3-5-8-17)21(24(29)25(26)30)23(28)18-9-6-10-20(14-18)27(31)32/h3-14,22,28H,1-2H3/b23-21-. The summed E-state index contributed by atoms with van der Waals surface area (Å²) in [5, 5.41) is 22.2. The summed E-state index contributed by atoms with van der Waals surface area (Å²) in [7, 11) is 0. The van der Waals surface area contributed by atoms with Crippen molar-refractivity contribution in [3.05, 3.63) is 111 Å². The molecule has 1 aliphatic rings. The van der Waals surface area contributed by atoms with Crippen molar-refractivity contribution in [1.29, 1.82) is 0 Å². The number of aliphatic hydroxyl groups excluding tert-OH is 1. The molecular weight excluding hydrogens is 408 g/mol. The van der Waals surface area contributed by atoms with Crippen molar-refractivity contribution >= 4 is 28.8 Å². The number of nitro groups is 1. The quantitative estimate of drug-likeness (QED) is 0.211. The van der Waals surface area contributed by atoms with E-state index in [1.165, 1.54) is 29.2 Å². The van der Waals surface area contributed by atoms with Gasteiger partial charge in [0.05, 0.1) is 16.5 Å². The number of nitrogens with zero attached hydrogens (tertiary/aromatic N) is 2. The molecule has 3 aromatic carbocycles. The molecule has 7 heteroatoms. The molecule has 7 nitrogen and oxygen atoms in total. The van der Waals surface area contributed by atoms with Gasteiger partial charge in [0.25, 0.3) is 17.4 Å². The molecule has 3 aromatic rings. The number of carbonyl (C=O) groups excluding carboxylic acids is 2. The van der Waals surface area contributed by atoms with Crippen molar-refractivity contribution in [3.63, 3.8) is 0 Å². The number of anilines is 1. The number of benzene rings is 3. The van der Waals surface area contributed by atoms with E-state index in [-0.39, 0.29) is 16.8 Å². The molecule has 0 aromatic heterocycles. The van der Waals surface area contributed by atoms with Gasteiger partial charge in [-0.15, -0.1) is 0 Å². The molecule has 0 radical (unpaired) electrons. The molecule has 1 fully saturated rings. The second-order valence-corrected chi connectivity index (χ2v) is 7.66. The van der Waals surface area contributed by atoms with E-state index in [0.717, 1.165) is 11.1 Å². The highest BCUT2D eigenvalue weighted by atomic mass is 16.6. The number of aryl methyl sites for hydroxylation is 2. The Morgan fingerprint density at radius 2 is 1.66 bits per heavy atom. The minimum Gasteiger partial charge on any atom is -0.507 e. The van der Waals surface area contributed by atoms with Crippen LogP contribution in [-0.4, -0.2) is 21.7 Å². The number of ketones is 1. The molecule has 4 rings (SSSR count). The monoisotopic (exact) mass is 428 g/mol. The number of aliphatic hydroxyl groups is 1. The fourth-order valence-electron chi connectivity index (χ4n) is 3.85. The third-order valence-electron chi connectivity index (χ3n) is 5.66. The number of non-ortho nitro benzene ring substituents is 1. The van der Waals surface area contributed by atoms with Crippen molar-refractivity contribution < 1.29 is 19.6 Å². The van der Waals surface area contributed by atoms with Crippen molar-refractivity contribution in [3.8, 4) is 0 Å². The molecule has 0 bridgehead atoms. The first-order valence-corrected chi connectivity index (χ1v) is 9.97. The molecule has 0 aliphatic carbocycles. The molecule has 0 spiro atoms. The van der Waals surface area contributed by atoms with E-state index in [9.17, 15) is 24.8 Å². The zero-order valence-corrected chi connectivity index (χ0v) is 17.5. The molecule has 0 saturated carbocycles. The molecule has 1 heterocycles. The van der Waals surface area contributed by atoms with Crippen molar-refractivity contribution in [2.75, 3.05) is 4.90 Å². The number of hydrogen-bond acceptors (Lipinski definition) is 5. The van der Waals surface area contributed by atoms with E-state index in [1.807, 2.05) is 32.0 Å². The Morgan fingerprint density at radius 3 is 2.31 bits per heavy atom. The lowest BCUT2D eigenvalue weighted by Crippen LogP contribution is -2.29. The lowest BCUT2D eigenvalue weighted by atomic mass is 9.95. The van der Waals surface area contributed by atoms with Gasteiger partial charge in [-0.05, 0) is 42.7 Å². The number of hydrogen-bond donors (Lipinski definition) is 1. The summed E-state index contributed by atoms with van der Waals surface area (Å²) in [6.45, 7) is 3.86. The molecule has 1 aliphatic heterocycles. The first-order valence-electron chi connectivity index (χ1n) is 9.97. The third-order valence-corrected chi connectivity index (χ3v) is 5.66. The van der Waals surface area contributed by atoms with E-state index in [2.05, 4.69) is 0 Å². The van der Waals surface area contributed by atoms with Crippen LogP contribution in [0.3, 0.4) is 0 Å². The van der Waals surface area contributed by atoms with Gasteiger partial charge in [-0.25, -0.2) is 0 Å². The average molecular weight is 428 g/mol. The van der Waals surface area contributed by atoms with Crippen LogP contribution in [-0.2, 0) is 9.59 Å². The smallest absolute Gasteiger partial charge is 0.300 e. The zero-order chi connectivity index (χ0) is 23.0. The topological polar surface area (TPSA) is 101 Å². The predicted molar refractivity (Wildman–Crippen MR) is 120 cm³/mol. The number of amides is 1. The maximum Gasteiger partial charge on any atom is 0.300 e. The van der Waals surface area contributed by atoms with Gasteiger partial charge >= 0.3 is 0 Å². The minimum atomic E-state index is -0.877.